The molecule has 0 aliphatic carbocycles. The molecule has 6 heteroatoms. The third-order valence-electron chi connectivity index (χ3n) is 3.61. The predicted octanol–water partition coefficient (Wildman–Crippen LogP) is 3.19. The Bertz CT molecular complexity index is 546. The number of hydrogen-bond acceptors (Lipinski definition) is 4. The van der Waals surface area contributed by atoms with E-state index >= 15 is 0 Å². The number of nitrogens with zero attached hydrogens (tertiary/aromatic N) is 1. The number of carbonyl (C=O) groups excluding carboxylic acids is 2. The molecule has 0 spiro atoms. The van der Waals surface area contributed by atoms with Crippen LogP contribution < -0.4 is 5.32 Å². The maximum absolute atomic E-state index is 12.6. The van der Waals surface area contributed by atoms with Crippen molar-refractivity contribution in [2.45, 2.75) is 32.9 Å². The van der Waals surface area contributed by atoms with E-state index < -0.39 is 0 Å². The molecule has 1 atom stereocenters. The molecule has 0 bridgehead atoms. The monoisotopic (exact) mass is 366 g/mol. The van der Waals surface area contributed by atoms with Crippen LogP contribution in [-0.2, 0) is 14.3 Å². The predicted molar refractivity (Wildman–Crippen MR) is 105 cm³/mol. The summed E-state index contributed by atoms with van der Waals surface area (Å²) in [6.07, 6.45) is 0. The van der Waals surface area contributed by atoms with Gasteiger partial charge in [-0.25, -0.2) is 0 Å². The SMILES string of the molecule is COCCN(CC(C)C)C(=O)C(C)SCC(=O)Nc1ccc(C)cc1. The molecule has 1 aromatic rings. The molecular weight excluding hydrogens is 336 g/mol. The van der Waals surface area contributed by atoms with Crippen LogP contribution >= 0.6 is 11.8 Å². The molecule has 0 saturated heterocycles. The summed E-state index contributed by atoms with van der Waals surface area (Å²) in [4.78, 5) is 26.5. The lowest BCUT2D eigenvalue weighted by Gasteiger charge is -2.27. The zero-order valence-corrected chi connectivity index (χ0v) is 16.7. The summed E-state index contributed by atoms with van der Waals surface area (Å²) in [5, 5.41) is 2.59. The van der Waals surface area contributed by atoms with Gasteiger partial charge in [-0.2, -0.15) is 0 Å². The lowest BCUT2D eigenvalue weighted by molar-refractivity contribution is -0.131. The van der Waals surface area contributed by atoms with E-state index in [2.05, 4.69) is 19.2 Å². The number of carbonyl (C=O) groups is 2. The zero-order chi connectivity index (χ0) is 18.8. The third kappa shape index (κ3) is 8.40. The fraction of sp³-hybridized carbons (Fsp3) is 0.579. The van der Waals surface area contributed by atoms with Crippen molar-refractivity contribution in [1.29, 1.82) is 0 Å². The fourth-order valence-corrected chi connectivity index (χ4v) is 3.06. The van der Waals surface area contributed by atoms with Crippen LogP contribution in [0.15, 0.2) is 24.3 Å². The largest absolute Gasteiger partial charge is 0.383 e. The van der Waals surface area contributed by atoms with Crippen LogP contribution in [0.3, 0.4) is 0 Å². The minimum absolute atomic E-state index is 0.0545. The number of thioether (sulfide) groups is 1. The van der Waals surface area contributed by atoms with Crippen molar-refractivity contribution in [1.82, 2.24) is 4.90 Å². The van der Waals surface area contributed by atoms with Gasteiger partial charge < -0.3 is 15.0 Å². The van der Waals surface area contributed by atoms with E-state index in [0.717, 1.165) is 11.3 Å². The number of methoxy groups -OCH3 is 1. The first-order chi connectivity index (χ1) is 11.8. The van der Waals surface area contributed by atoms with Gasteiger partial charge in [0.2, 0.25) is 11.8 Å². The number of nitrogens with one attached hydrogen (secondary N) is 1. The Morgan fingerprint density at radius 1 is 1.20 bits per heavy atom. The highest BCUT2D eigenvalue weighted by Gasteiger charge is 2.22. The first-order valence-corrected chi connectivity index (χ1v) is 9.64. The Labute approximate surface area is 155 Å². The highest BCUT2D eigenvalue weighted by Crippen LogP contribution is 2.16. The maximum Gasteiger partial charge on any atom is 0.235 e. The molecule has 1 aromatic carbocycles. The third-order valence-corrected chi connectivity index (χ3v) is 4.74. The zero-order valence-electron chi connectivity index (χ0n) is 15.9. The molecule has 5 nitrogen and oxygen atoms in total. The van der Waals surface area contributed by atoms with Gasteiger partial charge in [-0.1, -0.05) is 31.5 Å². The van der Waals surface area contributed by atoms with Gasteiger partial charge in [-0.15, -0.1) is 11.8 Å². The second kappa shape index (κ2) is 11.2. The second-order valence-electron chi connectivity index (χ2n) is 6.54. The van der Waals surface area contributed by atoms with Crippen LogP contribution in [0, 0.1) is 12.8 Å². The summed E-state index contributed by atoms with van der Waals surface area (Å²) in [5.74, 6) is 0.600. The summed E-state index contributed by atoms with van der Waals surface area (Å²) in [6.45, 7) is 9.81. The van der Waals surface area contributed by atoms with E-state index in [1.54, 1.807) is 7.11 Å². The van der Waals surface area contributed by atoms with Crippen LogP contribution in [0.5, 0.6) is 0 Å². The Morgan fingerprint density at radius 2 is 1.84 bits per heavy atom. The van der Waals surface area contributed by atoms with Crippen LogP contribution in [0.25, 0.3) is 0 Å². The van der Waals surface area contributed by atoms with Gasteiger partial charge in [0.1, 0.15) is 0 Å². The highest BCUT2D eigenvalue weighted by molar-refractivity contribution is 8.01. The van der Waals surface area contributed by atoms with Gasteiger partial charge in [0, 0.05) is 25.9 Å². The number of benzene rings is 1. The summed E-state index contributed by atoms with van der Waals surface area (Å²) < 4.78 is 5.09. The summed E-state index contributed by atoms with van der Waals surface area (Å²) in [5.41, 5.74) is 1.92. The second-order valence-corrected chi connectivity index (χ2v) is 7.87. The van der Waals surface area contributed by atoms with E-state index in [0.29, 0.717) is 25.6 Å². The fourth-order valence-electron chi connectivity index (χ4n) is 2.30. The molecule has 25 heavy (non-hydrogen) atoms. The van der Waals surface area contributed by atoms with Crippen molar-refractivity contribution < 1.29 is 14.3 Å². The van der Waals surface area contributed by atoms with Gasteiger partial charge >= 0.3 is 0 Å². The lowest BCUT2D eigenvalue weighted by Crippen LogP contribution is -2.41. The van der Waals surface area contributed by atoms with Crippen LogP contribution in [0.4, 0.5) is 5.69 Å². The topological polar surface area (TPSA) is 58.6 Å². The molecule has 0 fully saturated rings. The molecule has 2 amide bonds. The van der Waals surface area contributed by atoms with Crippen molar-refractivity contribution in [2.24, 2.45) is 5.92 Å². The Kier molecular flexibility index (Phi) is 9.60. The van der Waals surface area contributed by atoms with Crippen molar-refractivity contribution >= 4 is 29.3 Å². The molecule has 1 N–H and O–H groups in total. The quantitative estimate of drug-likeness (QED) is 0.691. The number of anilines is 1. The van der Waals surface area contributed by atoms with Gasteiger partial charge in [-0.05, 0) is 31.9 Å². The highest BCUT2D eigenvalue weighted by atomic mass is 32.2. The van der Waals surface area contributed by atoms with E-state index in [1.807, 2.05) is 43.0 Å². The Hall–Kier alpha value is -1.53. The first-order valence-electron chi connectivity index (χ1n) is 8.59. The van der Waals surface area contributed by atoms with Crippen LogP contribution in [0.1, 0.15) is 26.3 Å². The first kappa shape index (κ1) is 21.5. The van der Waals surface area contributed by atoms with Gasteiger partial charge in [0.15, 0.2) is 0 Å². The van der Waals surface area contributed by atoms with Crippen molar-refractivity contribution in [2.75, 3.05) is 37.9 Å². The number of rotatable bonds is 10. The average molecular weight is 367 g/mol. The molecule has 1 rings (SSSR count). The van der Waals surface area contributed by atoms with E-state index in [9.17, 15) is 9.59 Å². The van der Waals surface area contributed by atoms with Crippen LogP contribution in [-0.4, -0.2) is 54.5 Å². The summed E-state index contributed by atoms with van der Waals surface area (Å²) >= 11 is 1.36. The van der Waals surface area contributed by atoms with Crippen molar-refractivity contribution in [3.8, 4) is 0 Å². The standard InChI is InChI=1S/C19H30N2O3S/c1-14(2)12-21(10-11-24-5)19(23)16(4)25-13-18(22)20-17-8-6-15(3)7-9-17/h6-9,14,16H,10-13H2,1-5H3,(H,20,22). The van der Waals surface area contributed by atoms with E-state index in [-0.39, 0.29) is 22.8 Å². The lowest BCUT2D eigenvalue weighted by atomic mass is 10.2. The van der Waals surface area contributed by atoms with Crippen molar-refractivity contribution in [3.63, 3.8) is 0 Å². The summed E-state index contributed by atoms with van der Waals surface area (Å²) in [6, 6.07) is 7.66. The molecule has 140 valence electrons. The molecule has 0 saturated carbocycles. The molecule has 0 aromatic heterocycles. The van der Waals surface area contributed by atoms with Gasteiger partial charge in [0.25, 0.3) is 0 Å². The van der Waals surface area contributed by atoms with Crippen LogP contribution in [0.2, 0.25) is 0 Å². The smallest absolute Gasteiger partial charge is 0.235 e. The van der Waals surface area contributed by atoms with Crippen molar-refractivity contribution in [3.05, 3.63) is 29.8 Å². The normalized spacial score (nSPS) is 12.1. The molecule has 0 aliphatic heterocycles. The van der Waals surface area contributed by atoms with Gasteiger partial charge in [-0.3, -0.25) is 9.59 Å². The molecular formula is C19H30N2O3S. The number of amides is 2. The maximum atomic E-state index is 12.6. The Balaban J connectivity index is 2.49. The molecule has 0 heterocycles. The minimum atomic E-state index is -0.264. The van der Waals surface area contributed by atoms with Gasteiger partial charge in [0.05, 0.1) is 17.6 Å². The number of ether oxygens (including phenoxy) is 1. The Morgan fingerprint density at radius 3 is 2.40 bits per heavy atom. The minimum Gasteiger partial charge on any atom is -0.383 e. The molecule has 1 unspecified atom stereocenters. The molecule has 0 radical (unpaired) electrons. The molecule has 0 aliphatic rings. The summed E-state index contributed by atoms with van der Waals surface area (Å²) in [7, 11) is 1.63. The number of hydrogen-bond donors (Lipinski definition) is 1. The van der Waals surface area contributed by atoms with E-state index in [1.165, 1.54) is 11.8 Å². The van der Waals surface area contributed by atoms with E-state index in [4.69, 9.17) is 4.74 Å². The number of aryl methyl sites for hydroxylation is 1. The average Bonchev–Trinajstić information content (AvgIpc) is 2.57.